The molecule has 3 N–H and O–H groups in total. The summed E-state index contributed by atoms with van der Waals surface area (Å²) in [6.45, 7) is 2.60. The van der Waals surface area contributed by atoms with Gasteiger partial charge in [0.1, 0.15) is 22.3 Å². The van der Waals surface area contributed by atoms with Crippen LogP contribution in [0.2, 0.25) is 0 Å². The molecule has 2 fully saturated rings. The van der Waals surface area contributed by atoms with Gasteiger partial charge in [0, 0.05) is 35.4 Å². The molecule has 0 radical (unpaired) electrons. The Labute approximate surface area is 265 Å². The zero-order valence-corrected chi connectivity index (χ0v) is 26.1. The van der Waals surface area contributed by atoms with Crippen LogP contribution in [0.4, 0.5) is 16.4 Å². The molecule has 1 aliphatic heterocycles. The average molecular weight is 625 g/mol. The SMILES string of the molecule is [2H]C([2H])([2H])n1c(=O)n([C@@H]2CC[C@@]([2H])(NC(=O)OC)C2)c2cc(Nc3cc(C4CCN(C)CC4)cc(-c4ncc(C(C)(C)O)s4)n3)ncc21. The number of likely N-dealkylation sites (tertiary alicyclic amines) is 1. The molecule has 0 unspecified atom stereocenters. The number of ether oxygens (including phenoxy) is 1. The second-order valence-corrected chi connectivity index (χ2v) is 13.2. The van der Waals surface area contributed by atoms with Crippen LogP contribution in [0.15, 0.2) is 35.4 Å². The number of pyridine rings is 2. The highest BCUT2D eigenvalue weighted by atomic mass is 32.1. The van der Waals surface area contributed by atoms with Gasteiger partial charge >= 0.3 is 11.8 Å². The van der Waals surface area contributed by atoms with E-state index in [1.54, 1.807) is 26.1 Å². The standard InChI is InChI=1S/C31H40N8O4S/c1-31(2,42)25-17-33-28(44-25)22-12-19(18-8-10-37(3)11-9-18)13-27(35-22)36-26-15-23-24(16-32-26)38(4)30(41)39(23)21-7-6-20(14-21)34-29(40)43-5/h12-13,15-18,20-21,42H,6-11,14H2,1-5H3,(H,34,40)(H,32,35,36)/t20-,21-/m1/s1/i4D3,20D. The van der Waals surface area contributed by atoms with Crippen LogP contribution in [-0.2, 0) is 17.3 Å². The fourth-order valence-corrected chi connectivity index (χ4v) is 6.88. The summed E-state index contributed by atoms with van der Waals surface area (Å²) in [5.41, 5.74) is 0.422. The maximum Gasteiger partial charge on any atom is 0.407 e. The third-order valence-corrected chi connectivity index (χ3v) is 9.80. The molecular weight excluding hydrogens is 580 g/mol. The molecule has 0 bridgehead atoms. The van der Waals surface area contributed by atoms with Gasteiger partial charge in [0.25, 0.3) is 0 Å². The summed E-state index contributed by atoms with van der Waals surface area (Å²) in [5.74, 6) is 1.15. The van der Waals surface area contributed by atoms with E-state index in [-0.39, 0.29) is 18.4 Å². The van der Waals surface area contributed by atoms with E-state index in [2.05, 4.69) is 43.4 Å². The smallest absolute Gasteiger partial charge is 0.407 e. The summed E-state index contributed by atoms with van der Waals surface area (Å²) in [6, 6.07) is 3.72. The normalized spacial score (nSPS) is 23.2. The highest BCUT2D eigenvalue weighted by Gasteiger charge is 2.30. The first kappa shape index (κ1) is 25.5. The molecule has 1 aliphatic carbocycles. The van der Waals surface area contributed by atoms with Crippen LogP contribution >= 0.6 is 11.3 Å². The number of carbonyl (C=O) groups is 1. The van der Waals surface area contributed by atoms with E-state index in [9.17, 15) is 14.7 Å². The molecule has 44 heavy (non-hydrogen) atoms. The number of nitrogens with one attached hydrogen (secondary N) is 2. The van der Waals surface area contributed by atoms with Crippen LogP contribution in [0, 0.1) is 0 Å². The van der Waals surface area contributed by atoms with Crippen molar-refractivity contribution >= 4 is 40.1 Å². The highest BCUT2D eigenvalue weighted by molar-refractivity contribution is 7.15. The molecule has 4 aromatic heterocycles. The first-order valence-electron chi connectivity index (χ1n) is 16.7. The van der Waals surface area contributed by atoms with Gasteiger partial charge in [0.2, 0.25) is 0 Å². The van der Waals surface area contributed by atoms with Crippen molar-refractivity contribution in [2.45, 2.75) is 69.5 Å². The fourth-order valence-electron chi connectivity index (χ4n) is 6.01. The van der Waals surface area contributed by atoms with Crippen molar-refractivity contribution in [3.05, 3.63) is 51.5 Å². The lowest BCUT2D eigenvalue weighted by atomic mass is 9.89. The number of fused-ring (bicyclic) bond motifs is 1. The molecule has 6 rings (SSSR count). The van der Waals surface area contributed by atoms with Gasteiger partial charge in [-0.05, 0) is 89.7 Å². The van der Waals surface area contributed by atoms with Crippen LogP contribution in [0.5, 0.6) is 0 Å². The number of piperidine rings is 1. The Morgan fingerprint density at radius 1 is 1.14 bits per heavy atom. The first-order chi connectivity index (χ1) is 22.5. The summed E-state index contributed by atoms with van der Waals surface area (Å²) in [7, 11) is 3.33. The van der Waals surface area contributed by atoms with Gasteiger partial charge in [-0.2, -0.15) is 0 Å². The lowest BCUT2D eigenvalue weighted by molar-refractivity contribution is 0.0823. The van der Waals surface area contributed by atoms with Gasteiger partial charge in [-0.3, -0.25) is 9.13 Å². The zero-order valence-electron chi connectivity index (χ0n) is 29.3. The number of hydrogen-bond acceptors (Lipinski definition) is 10. The minimum absolute atomic E-state index is 0.0805. The molecule has 13 heteroatoms. The Hall–Kier alpha value is -3.81. The lowest BCUT2D eigenvalue weighted by Gasteiger charge is -2.29. The summed E-state index contributed by atoms with van der Waals surface area (Å²) >= 11 is 1.37. The van der Waals surface area contributed by atoms with Gasteiger partial charge in [-0.15, -0.1) is 11.3 Å². The molecule has 234 valence electrons. The topological polar surface area (TPSA) is 139 Å². The molecule has 1 saturated carbocycles. The van der Waals surface area contributed by atoms with E-state index in [1.165, 1.54) is 29.2 Å². The Kier molecular flexibility index (Phi) is 6.92. The minimum atomic E-state index is -2.77. The number of imidazole rings is 1. The summed E-state index contributed by atoms with van der Waals surface area (Å²) in [5, 5.41) is 17.0. The summed E-state index contributed by atoms with van der Waals surface area (Å²) in [4.78, 5) is 42.6. The predicted molar refractivity (Wildman–Crippen MR) is 171 cm³/mol. The Bertz CT molecular complexity index is 1890. The Morgan fingerprint density at radius 2 is 1.93 bits per heavy atom. The molecule has 4 aromatic rings. The number of nitrogens with zero attached hydrogens (tertiary/aromatic N) is 6. The van der Waals surface area contributed by atoms with Crippen molar-refractivity contribution in [1.82, 2.24) is 34.3 Å². The Morgan fingerprint density at radius 3 is 2.64 bits per heavy atom. The number of amides is 1. The van der Waals surface area contributed by atoms with Crippen molar-refractivity contribution in [1.29, 1.82) is 0 Å². The largest absolute Gasteiger partial charge is 0.453 e. The summed E-state index contributed by atoms with van der Waals surface area (Å²) in [6.07, 6.45) is 4.93. The summed E-state index contributed by atoms with van der Waals surface area (Å²) < 4.78 is 39.8. The zero-order chi connectivity index (χ0) is 34.6. The van der Waals surface area contributed by atoms with Crippen LogP contribution in [0.25, 0.3) is 21.7 Å². The van der Waals surface area contributed by atoms with Crippen molar-refractivity contribution in [3.63, 3.8) is 0 Å². The number of methoxy groups -OCH3 is 1. The molecule has 1 saturated heterocycles. The van der Waals surface area contributed by atoms with Crippen LogP contribution in [0.1, 0.15) is 73.8 Å². The third-order valence-electron chi connectivity index (χ3n) is 8.47. The first-order valence-corrected chi connectivity index (χ1v) is 15.5. The molecule has 5 heterocycles. The number of anilines is 2. The van der Waals surface area contributed by atoms with Gasteiger partial charge in [0.15, 0.2) is 0 Å². The van der Waals surface area contributed by atoms with Gasteiger partial charge < -0.3 is 25.4 Å². The number of rotatable bonds is 7. The van der Waals surface area contributed by atoms with Crippen molar-refractivity contribution in [3.8, 4) is 10.7 Å². The molecule has 12 nitrogen and oxygen atoms in total. The van der Waals surface area contributed by atoms with Gasteiger partial charge in [-0.1, -0.05) is 0 Å². The number of thiazole rings is 1. The third kappa shape index (κ3) is 6.08. The van der Waals surface area contributed by atoms with E-state index in [1.807, 2.05) is 6.07 Å². The molecule has 1 amide bonds. The minimum Gasteiger partial charge on any atom is -0.453 e. The monoisotopic (exact) mass is 624 g/mol. The average Bonchev–Trinajstić information content (AvgIpc) is 3.72. The van der Waals surface area contributed by atoms with E-state index in [0.717, 1.165) is 36.1 Å². The maximum absolute atomic E-state index is 13.7. The van der Waals surface area contributed by atoms with E-state index < -0.39 is 36.4 Å². The van der Waals surface area contributed by atoms with Crippen molar-refractivity contribution in [2.24, 2.45) is 6.98 Å². The second-order valence-electron chi connectivity index (χ2n) is 12.1. The molecule has 0 spiro atoms. The molecule has 2 atom stereocenters. The van der Waals surface area contributed by atoms with E-state index in [4.69, 9.17) is 10.5 Å². The predicted octanol–water partition coefficient (Wildman–Crippen LogP) is 4.48. The maximum atomic E-state index is 13.7. The highest BCUT2D eigenvalue weighted by Crippen LogP contribution is 2.36. The van der Waals surface area contributed by atoms with Crippen LogP contribution < -0.4 is 16.3 Å². The number of aryl methyl sites for hydroxylation is 1. The number of alkyl carbamates (subject to hydrolysis) is 1. The quantitative estimate of drug-likeness (QED) is 0.272. The van der Waals surface area contributed by atoms with Gasteiger partial charge in [-0.25, -0.2) is 24.5 Å². The lowest BCUT2D eigenvalue weighted by Crippen LogP contribution is -2.33. The molecule has 2 aliphatic rings. The van der Waals surface area contributed by atoms with Crippen molar-refractivity contribution < 1.29 is 20.1 Å². The van der Waals surface area contributed by atoms with E-state index in [0.29, 0.717) is 45.1 Å². The Balaban J connectivity index is 1.40. The van der Waals surface area contributed by atoms with Crippen molar-refractivity contribution in [2.75, 3.05) is 32.6 Å². The second kappa shape index (κ2) is 11.9. The fraction of sp³-hybridized carbons (Fsp3) is 0.516. The van der Waals surface area contributed by atoms with Gasteiger partial charge in [0.05, 0.1) is 36.2 Å². The molecular formula is C31H40N8O4S. The number of aliphatic hydroxyl groups is 1. The number of hydrogen-bond donors (Lipinski definition) is 3. The molecule has 0 aromatic carbocycles. The van der Waals surface area contributed by atoms with Crippen LogP contribution in [-0.4, -0.2) is 73.5 Å². The van der Waals surface area contributed by atoms with Crippen LogP contribution in [0.3, 0.4) is 0 Å². The number of carbonyl (C=O) groups excluding carboxylic acids is 1. The number of aromatic nitrogens is 5. The van der Waals surface area contributed by atoms with E-state index >= 15 is 0 Å².